The van der Waals surface area contributed by atoms with Gasteiger partial charge in [0.25, 0.3) is 0 Å². The Balaban J connectivity index is 2.29. The molecule has 1 aromatic heterocycles. The molecule has 0 saturated heterocycles. The average molecular weight is 391 g/mol. The number of nitrogen functional groups attached to an aromatic ring is 1. The molecule has 1 heterocycles. The summed E-state index contributed by atoms with van der Waals surface area (Å²) in [5.41, 5.74) is 5.94. The number of halogens is 2. The fourth-order valence-electron chi connectivity index (χ4n) is 1.42. The summed E-state index contributed by atoms with van der Waals surface area (Å²) in [7, 11) is 0. The summed E-state index contributed by atoms with van der Waals surface area (Å²) in [6.07, 6.45) is 0. The molecule has 8 heteroatoms. The van der Waals surface area contributed by atoms with E-state index in [1.807, 2.05) is 6.07 Å². The fraction of sp³-hybridized carbons (Fsp3) is 0. The standard InChI is InChI=1S/C11H8ClIN4O2/c12-7-5-6(13)1-2-8(7)15-10-4-3-9(17(18)19)11(14)16-10/h1-5H,(H3,14,15,16). The lowest BCUT2D eigenvalue weighted by atomic mass is 10.3. The monoisotopic (exact) mass is 390 g/mol. The molecule has 0 amide bonds. The lowest BCUT2D eigenvalue weighted by Gasteiger charge is -2.08. The molecule has 0 atom stereocenters. The molecule has 0 spiro atoms. The van der Waals surface area contributed by atoms with E-state index in [2.05, 4.69) is 32.9 Å². The Kier molecular flexibility index (Phi) is 4.05. The van der Waals surface area contributed by atoms with Crippen LogP contribution in [0, 0.1) is 13.7 Å². The molecular weight excluding hydrogens is 383 g/mol. The zero-order valence-corrected chi connectivity index (χ0v) is 12.3. The van der Waals surface area contributed by atoms with Crippen LogP contribution < -0.4 is 11.1 Å². The van der Waals surface area contributed by atoms with E-state index in [0.717, 1.165) is 3.57 Å². The minimum atomic E-state index is -0.579. The number of hydrogen-bond donors (Lipinski definition) is 2. The second kappa shape index (κ2) is 5.57. The van der Waals surface area contributed by atoms with Crippen LogP contribution in [0.5, 0.6) is 0 Å². The number of anilines is 3. The summed E-state index contributed by atoms with van der Waals surface area (Å²) >= 11 is 8.21. The zero-order chi connectivity index (χ0) is 14.0. The first kappa shape index (κ1) is 13.8. The van der Waals surface area contributed by atoms with Crippen molar-refractivity contribution in [2.24, 2.45) is 0 Å². The zero-order valence-electron chi connectivity index (χ0n) is 9.43. The Bertz CT molecular complexity index is 651. The van der Waals surface area contributed by atoms with Gasteiger partial charge in [-0.2, -0.15) is 0 Å². The summed E-state index contributed by atoms with van der Waals surface area (Å²) in [6, 6.07) is 8.24. The highest BCUT2D eigenvalue weighted by atomic mass is 127. The number of rotatable bonds is 3. The Hall–Kier alpha value is -1.61. The number of benzene rings is 1. The van der Waals surface area contributed by atoms with Crippen LogP contribution in [0.4, 0.5) is 23.0 Å². The first-order chi connectivity index (χ1) is 8.97. The maximum absolute atomic E-state index is 10.6. The summed E-state index contributed by atoms with van der Waals surface area (Å²) in [5, 5.41) is 14.1. The number of aromatic nitrogens is 1. The maximum Gasteiger partial charge on any atom is 0.311 e. The lowest BCUT2D eigenvalue weighted by Crippen LogP contribution is -2.01. The molecule has 0 aliphatic rings. The molecule has 98 valence electrons. The summed E-state index contributed by atoms with van der Waals surface area (Å²) in [4.78, 5) is 14.0. The molecule has 0 aliphatic heterocycles. The smallest absolute Gasteiger partial charge is 0.311 e. The molecule has 19 heavy (non-hydrogen) atoms. The molecule has 2 rings (SSSR count). The first-order valence-corrected chi connectivity index (χ1v) is 6.56. The quantitative estimate of drug-likeness (QED) is 0.475. The molecule has 0 fully saturated rings. The van der Waals surface area contributed by atoms with Crippen molar-refractivity contribution in [3.63, 3.8) is 0 Å². The molecule has 0 unspecified atom stereocenters. The van der Waals surface area contributed by atoms with Crippen LogP contribution in [-0.4, -0.2) is 9.91 Å². The predicted octanol–water partition coefficient (Wildman–Crippen LogP) is 3.57. The molecule has 0 bridgehead atoms. The van der Waals surface area contributed by atoms with Gasteiger partial charge in [-0.15, -0.1) is 0 Å². The Morgan fingerprint density at radius 2 is 2.11 bits per heavy atom. The molecular formula is C11H8ClIN4O2. The average Bonchev–Trinajstić information content (AvgIpc) is 2.32. The van der Waals surface area contributed by atoms with Crippen molar-refractivity contribution in [3.05, 3.63) is 49.0 Å². The third-order valence-electron chi connectivity index (χ3n) is 2.29. The van der Waals surface area contributed by atoms with E-state index < -0.39 is 4.92 Å². The largest absolute Gasteiger partial charge is 0.378 e. The van der Waals surface area contributed by atoms with Crippen molar-refractivity contribution in [1.29, 1.82) is 0 Å². The predicted molar refractivity (Wildman–Crippen MR) is 82.8 cm³/mol. The number of hydrogen-bond acceptors (Lipinski definition) is 5. The molecule has 0 saturated carbocycles. The van der Waals surface area contributed by atoms with Crippen LogP contribution in [0.3, 0.4) is 0 Å². The van der Waals surface area contributed by atoms with Gasteiger partial charge in [-0.25, -0.2) is 4.98 Å². The molecule has 6 nitrogen and oxygen atoms in total. The van der Waals surface area contributed by atoms with E-state index in [1.165, 1.54) is 12.1 Å². The second-order valence-corrected chi connectivity index (χ2v) is 5.26. The van der Waals surface area contributed by atoms with Gasteiger partial charge >= 0.3 is 5.69 Å². The number of nitrogens with one attached hydrogen (secondary N) is 1. The Morgan fingerprint density at radius 3 is 2.68 bits per heavy atom. The fourth-order valence-corrected chi connectivity index (χ4v) is 2.32. The highest BCUT2D eigenvalue weighted by Crippen LogP contribution is 2.28. The summed E-state index contributed by atoms with van der Waals surface area (Å²) in [5.74, 6) is 0.253. The van der Waals surface area contributed by atoms with Gasteiger partial charge in [0, 0.05) is 9.64 Å². The highest BCUT2D eigenvalue weighted by Gasteiger charge is 2.13. The van der Waals surface area contributed by atoms with Gasteiger partial charge < -0.3 is 11.1 Å². The van der Waals surface area contributed by atoms with Crippen LogP contribution in [0.2, 0.25) is 5.02 Å². The van der Waals surface area contributed by atoms with Crippen molar-refractivity contribution in [1.82, 2.24) is 4.98 Å². The third-order valence-corrected chi connectivity index (χ3v) is 3.28. The minimum absolute atomic E-state index is 0.142. The van der Waals surface area contributed by atoms with Gasteiger partial charge in [0.2, 0.25) is 5.82 Å². The van der Waals surface area contributed by atoms with Gasteiger partial charge in [0.15, 0.2) is 0 Å². The van der Waals surface area contributed by atoms with E-state index >= 15 is 0 Å². The third kappa shape index (κ3) is 3.24. The highest BCUT2D eigenvalue weighted by molar-refractivity contribution is 14.1. The van der Waals surface area contributed by atoms with Gasteiger partial charge in [-0.1, -0.05) is 11.6 Å². The number of pyridine rings is 1. The van der Waals surface area contributed by atoms with Crippen LogP contribution >= 0.6 is 34.2 Å². The van der Waals surface area contributed by atoms with Crippen molar-refractivity contribution in [2.75, 3.05) is 11.1 Å². The number of nitro groups is 1. The number of nitrogens with two attached hydrogens (primary N) is 1. The van der Waals surface area contributed by atoms with Crippen molar-refractivity contribution in [3.8, 4) is 0 Å². The van der Waals surface area contributed by atoms with E-state index in [0.29, 0.717) is 16.5 Å². The molecule has 0 radical (unpaired) electrons. The van der Waals surface area contributed by atoms with Gasteiger partial charge in [0.05, 0.1) is 15.6 Å². The first-order valence-electron chi connectivity index (χ1n) is 5.10. The molecule has 2 aromatic rings. The van der Waals surface area contributed by atoms with Gasteiger partial charge in [-0.3, -0.25) is 10.1 Å². The lowest BCUT2D eigenvalue weighted by molar-refractivity contribution is -0.384. The summed E-state index contributed by atoms with van der Waals surface area (Å²) in [6.45, 7) is 0. The van der Waals surface area contributed by atoms with E-state index in [1.54, 1.807) is 12.1 Å². The van der Waals surface area contributed by atoms with Crippen LogP contribution in [0.15, 0.2) is 30.3 Å². The second-order valence-electron chi connectivity index (χ2n) is 3.61. The molecule has 1 aromatic carbocycles. The minimum Gasteiger partial charge on any atom is -0.378 e. The maximum atomic E-state index is 10.6. The van der Waals surface area contributed by atoms with Crippen LogP contribution in [0.25, 0.3) is 0 Å². The SMILES string of the molecule is Nc1nc(Nc2ccc(I)cc2Cl)ccc1[N+](=O)[O-]. The van der Waals surface area contributed by atoms with E-state index in [-0.39, 0.29) is 11.5 Å². The van der Waals surface area contributed by atoms with Gasteiger partial charge in [-0.05, 0) is 46.9 Å². The van der Waals surface area contributed by atoms with Gasteiger partial charge in [0.1, 0.15) is 5.82 Å². The topological polar surface area (TPSA) is 94.1 Å². The molecule has 0 aliphatic carbocycles. The Labute approximate surface area is 127 Å². The molecule has 3 N–H and O–H groups in total. The number of nitrogens with zero attached hydrogens (tertiary/aromatic N) is 2. The van der Waals surface area contributed by atoms with Crippen LogP contribution in [0.1, 0.15) is 0 Å². The van der Waals surface area contributed by atoms with E-state index in [4.69, 9.17) is 17.3 Å². The normalized spacial score (nSPS) is 10.2. The van der Waals surface area contributed by atoms with E-state index in [9.17, 15) is 10.1 Å². The van der Waals surface area contributed by atoms with Crippen molar-refractivity contribution < 1.29 is 4.92 Å². The van der Waals surface area contributed by atoms with Crippen LogP contribution in [-0.2, 0) is 0 Å². The summed E-state index contributed by atoms with van der Waals surface area (Å²) < 4.78 is 1.00. The Morgan fingerprint density at radius 1 is 1.37 bits per heavy atom. The van der Waals surface area contributed by atoms with Crippen molar-refractivity contribution in [2.45, 2.75) is 0 Å². The van der Waals surface area contributed by atoms with Crippen molar-refractivity contribution >= 4 is 57.2 Å².